The number of carbonyl (C=O) groups is 2. The van der Waals surface area contributed by atoms with Gasteiger partial charge in [-0.3, -0.25) is 0 Å². The van der Waals surface area contributed by atoms with Gasteiger partial charge >= 0.3 is 6.09 Å². The Kier molecular flexibility index (Phi) is 5.48. The molecule has 1 N–H and O–H groups in total. The molecule has 1 atom stereocenters. The van der Waals surface area contributed by atoms with Gasteiger partial charge in [0.25, 0.3) is 0 Å². The molecule has 0 fully saturated rings. The monoisotopic (exact) mass is 229 g/mol. The van der Waals surface area contributed by atoms with Crippen LogP contribution in [-0.2, 0) is 9.53 Å². The number of hydrogen-bond donors (Lipinski definition) is 1. The fraction of sp³-hybridized carbons (Fsp3) is 0.833. The highest BCUT2D eigenvalue weighted by atomic mass is 16.6. The predicted octanol–water partition coefficient (Wildman–Crippen LogP) is 2.66. The van der Waals surface area contributed by atoms with E-state index in [1.54, 1.807) is 27.7 Å². The molecule has 94 valence electrons. The third kappa shape index (κ3) is 6.43. The van der Waals surface area contributed by atoms with Crippen LogP contribution in [0.2, 0.25) is 0 Å². The van der Waals surface area contributed by atoms with Gasteiger partial charge in [-0.1, -0.05) is 19.8 Å². The number of carbonyl (C=O) groups excluding carboxylic acids is 2. The maximum Gasteiger partial charge on any atom is 0.408 e. The molecule has 0 spiro atoms. The fourth-order valence-corrected chi connectivity index (χ4v) is 1.23. The van der Waals surface area contributed by atoms with Gasteiger partial charge in [-0.2, -0.15) is 0 Å². The van der Waals surface area contributed by atoms with Crippen LogP contribution in [0.3, 0.4) is 0 Å². The average Bonchev–Trinajstić information content (AvgIpc) is 2.11. The number of unbranched alkanes of at least 4 members (excludes halogenated alkanes) is 1. The Balaban J connectivity index is 4.31. The first-order valence-electron chi connectivity index (χ1n) is 5.70. The summed E-state index contributed by atoms with van der Waals surface area (Å²) < 4.78 is 5.11. The van der Waals surface area contributed by atoms with Gasteiger partial charge in [-0.05, 0) is 34.1 Å². The van der Waals surface area contributed by atoms with E-state index in [2.05, 4.69) is 5.32 Å². The van der Waals surface area contributed by atoms with E-state index >= 15 is 0 Å². The van der Waals surface area contributed by atoms with Crippen molar-refractivity contribution >= 4 is 12.4 Å². The zero-order valence-corrected chi connectivity index (χ0v) is 10.9. The molecule has 0 radical (unpaired) electrons. The van der Waals surface area contributed by atoms with Gasteiger partial charge in [0.05, 0.1) is 5.54 Å². The number of aldehydes is 1. The molecule has 4 nitrogen and oxygen atoms in total. The molecule has 1 amide bonds. The molecule has 0 aromatic rings. The molecular formula is C12H23NO3. The van der Waals surface area contributed by atoms with Crippen molar-refractivity contribution in [1.29, 1.82) is 0 Å². The van der Waals surface area contributed by atoms with Crippen molar-refractivity contribution in [2.45, 2.75) is 65.0 Å². The third-order valence-corrected chi connectivity index (χ3v) is 2.10. The van der Waals surface area contributed by atoms with Crippen LogP contribution in [0.4, 0.5) is 4.79 Å². The highest BCUT2D eigenvalue weighted by molar-refractivity contribution is 5.76. The Labute approximate surface area is 97.7 Å². The van der Waals surface area contributed by atoms with E-state index in [1.807, 2.05) is 6.92 Å². The van der Waals surface area contributed by atoms with E-state index in [9.17, 15) is 9.59 Å². The summed E-state index contributed by atoms with van der Waals surface area (Å²) in [6.45, 7) is 9.11. The van der Waals surface area contributed by atoms with Gasteiger partial charge in [-0.25, -0.2) is 4.79 Å². The molecule has 0 rings (SSSR count). The van der Waals surface area contributed by atoms with Crippen LogP contribution in [-0.4, -0.2) is 23.5 Å². The normalized spacial score (nSPS) is 15.1. The van der Waals surface area contributed by atoms with Gasteiger partial charge in [0.2, 0.25) is 0 Å². The van der Waals surface area contributed by atoms with Gasteiger partial charge in [0.1, 0.15) is 11.9 Å². The Bertz CT molecular complexity index is 245. The minimum absolute atomic E-state index is 0.543. The molecule has 0 aromatic carbocycles. The molecule has 0 saturated heterocycles. The zero-order valence-electron chi connectivity index (χ0n) is 10.9. The standard InChI is InChI=1S/C12H23NO3/c1-6-7-8-12(5,9-14)13-10(15)16-11(2,3)4/h9H,6-8H2,1-5H3,(H,13,15)/t12-/m1/s1. The lowest BCUT2D eigenvalue weighted by atomic mass is 9.97. The van der Waals surface area contributed by atoms with Crippen LogP contribution < -0.4 is 5.32 Å². The number of hydrogen-bond acceptors (Lipinski definition) is 3. The van der Waals surface area contributed by atoms with E-state index in [4.69, 9.17) is 4.74 Å². The van der Waals surface area contributed by atoms with E-state index in [0.717, 1.165) is 19.1 Å². The van der Waals surface area contributed by atoms with Crippen LogP contribution in [0.15, 0.2) is 0 Å². The summed E-state index contributed by atoms with van der Waals surface area (Å²) in [4.78, 5) is 22.5. The lowest BCUT2D eigenvalue weighted by Gasteiger charge is -2.27. The van der Waals surface area contributed by atoms with Gasteiger partial charge in [0, 0.05) is 0 Å². The summed E-state index contributed by atoms with van der Waals surface area (Å²) in [6.07, 6.45) is 2.74. The van der Waals surface area contributed by atoms with Gasteiger partial charge in [-0.15, -0.1) is 0 Å². The van der Waals surface area contributed by atoms with Crippen LogP contribution in [0.25, 0.3) is 0 Å². The summed E-state index contributed by atoms with van der Waals surface area (Å²) in [5, 5.41) is 2.61. The minimum Gasteiger partial charge on any atom is -0.444 e. The predicted molar refractivity (Wildman–Crippen MR) is 63.4 cm³/mol. The number of alkyl carbamates (subject to hydrolysis) is 1. The van der Waals surface area contributed by atoms with Crippen LogP contribution in [0.1, 0.15) is 53.9 Å². The summed E-state index contributed by atoms with van der Waals surface area (Å²) in [5.41, 5.74) is -1.36. The maximum atomic E-state index is 11.5. The fourth-order valence-electron chi connectivity index (χ4n) is 1.23. The molecule has 4 heteroatoms. The van der Waals surface area contributed by atoms with Crippen LogP contribution >= 0.6 is 0 Å². The van der Waals surface area contributed by atoms with Crippen molar-refractivity contribution in [2.24, 2.45) is 0 Å². The molecular weight excluding hydrogens is 206 g/mol. The average molecular weight is 229 g/mol. The van der Waals surface area contributed by atoms with E-state index in [0.29, 0.717) is 6.42 Å². The molecule has 0 heterocycles. The Hall–Kier alpha value is -1.06. The van der Waals surface area contributed by atoms with Crippen molar-refractivity contribution in [3.63, 3.8) is 0 Å². The van der Waals surface area contributed by atoms with Crippen molar-refractivity contribution < 1.29 is 14.3 Å². The highest BCUT2D eigenvalue weighted by Gasteiger charge is 2.27. The van der Waals surface area contributed by atoms with E-state index in [1.165, 1.54) is 0 Å². The molecule has 0 aliphatic heterocycles. The quantitative estimate of drug-likeness (QED) is 0.737. The van der Waals surface area contributed by atoms with Crippen LogP contribution in [0, 0.1) is 0 Å². The van der Waals surface area contributed by atoms with Crippen molar-refractivity contribution in [3.8, 4) is 0 Å². The lowest BCUT2D eigenvalue weighted by Crippen LogP contribution is -2.49. The van der Waals surface area contributed by atoms with E-state index < -0.39 is 17.2 Å². The summed E-state index contributed by atoms with van der Waals surface area (Å²) >= 11 is 0. The van der Waals surface area contributed by atoms with Gasteiger partial charge < -0.3 is 14.8 Å². The molecule has 16 heavy (non-hydrogen) atoms. The first-order valence-corrected chi connectivity index (χ1v) is 5.70. The Morgan fingerprint density at radius 3 is 2.25 bits per heavy atom. The third-order valence-electron chi connectivity index (χ3n) is 2.10. The molecule has 0 aliphatic rings. The summed E-state index contributed by atoms with van der Waals surface area (Å²) in [5.74, 6) is 0. The second-order valence-corrected chi connectivity index (χ2v) is 5.27. The number of amides is 1. The number of ether oxygens (including phenoxy) is 1. The maximum absolute atomic E-state index is 11.5. The second-order valence-electron chi connectivity index (χ2n) is 5.27. The number of rotatable bonds is 5. The summed E-state index contributed by atoms with van der Waals surface area (Å²) in [6, 6.07) is 0. The molecule has 0 unspecified atom stereocenters. The van der Waals surface area contributed by atoms with Gasteiger partial charge in [0.15, 0.2) is 0 Å². The minimum atomic E-state index is -0.821. The molecule has 0 bridgehead atoms. The van der Waals surface area contributed by atoms with E-state index in [-0.39, 0.29) is 0 Å². The summed E-state index contributed by atoms with van der Waals surface area (Å²) in [7, 11) is 0. The Morgan fingerprint density at radius 1 is 1.31 bits per heavy atom. The SMILES string of the molecule is CCCC[C@](C)(C=O)NC(=O)OC(C)(C)C. The molecule has 0 aromatic heterocycles. The zero-order chi connectivity index (χ0) is 12.8. The highest BCUT2D eigenvalue weighted by Crippen LogP contribution is 2.13. The first kappa shape index (κ1) is 14.9. The van der Waals surface area contributed by atoms with Crippen molar-refractivity contribution in [1.82, 2.24) is 5.32 Å². The molecule has 0 saturated carbocycles. The topological polar surface area (TPSA) is 55.4 Å². The smallest absolute Gasteiger partial charge is 0.408 e. The lowest BCUT2D eigenvalue weighted by molar-refractivity contribution is -0.113. The first-order chi connectivity index (χ1) is 7.22. The largest absolute Gasteiger partial charge is 0.444 e. The second kappa shape index (κ2) is 5.87. The van der Waals surface area contributed by atoms with Crippen molar-refractivity contribution in [3.05, 3.63) is 0 Å². The van der Waals surface area contributed by atoms with Crippen LogP contribution in [0.5, 0.6) is 0 Å². The Morgan fingerprint density at radius 2 is 1.88 bits per heavy atom. The van der Waals surface area contributed by atoms with Crippen molar-refractivity contribution in [2.75, 3.05) is 0 Å². The number of nitrogens with one attached hydrogen (secondary N) is 1. The molecule has 0 aliphatic carbocycles.